The molecular formula is C20H25N4O4S+. The summed E-state index contributed by atoms with van der Waals surface area (Å²) in [6.07, 6.45) is 0. The molecule has 1 atom stereocenters. The predicted octanol–water partition coefficient (Wildman–Crippen LogP) is 3.70. The molecule has 9 heteroatoms. The molecule has 2 rings (SSSR count). The lowest BCUT2D eigenvalue weighted by atomic mass is 10.0. The fourth-order valence-corrected chi connectivity index (χ4v) is 3.81. The van der Waals surface area contributed by atoms with Crippen LogP contribution in [0.25, 0.3) is 4.98 Å². The van der Waals surface area contributed by atoms with E-state index in [0.717, 1.165) is 11.3 Å². The van der Waals surface area contributed by atoms with E-state index in [2.05, 4.69) is 9.70 Å². The van der Waals surface area contributed by atoms with Gasteiger partial charge in [-0.1, -0.05) is 29.8 Å². The van der Waals surface area contributed by atoms with Crippen LogP contribution in [0.2, 0.25) is 0 Å². The van der Waals surface area contributed by atoms with E-state index >= 15 is 0 Å². The molecule has 0 aromatic heterocycles. The predicted molar refractivity (Wildman–Crippen MR) is 111 cm³/mol. The standard InChI is InChI=1S/C20H24N4O4S/c1-5-28-20(25)19(22-21)18(15-8-10-16(11-9-15)24(3)4)23-29(26,27)17-12-6-14(2)7-13-17/h6-13,18,23H,5H2,1-4H3/p+1/b20-19-. The van der Waals surface area contributed by atoms with E-state index < -0.39 is 22.0 Å². The first-order valence-electron chi connectivity index (χ1n) is 8.97. The maximum atomic E-state index is 12.9. The van der Waals surface area contributed by atoms with Crippen molar-refractivity contribution in [2.24, 2.45) is 0 Å². The molecule has 154 valence electrons. The van der Waals surface area contributed by atoms with Crippen LogP contribution in [0.3, 0.4) is 0 Å². The molecule has 2 aromatic rings. The number of ether oxygens (including phenoxy) is 1. The lowest BCUT2D eigenvalue weighted by Crippen LogP contribution is -2.30. The highest BCUT2D eigenvalue weighted by molar-refractivity contribution is 7.89. The molecule has 8 nitrogen and oxygen atoms in total. The Hall–Kier alpha value is -3.09. The Morgan fingerprint density at radius 1 is 1.17 bits per heavy atom. The second kappa shape index (κ2) is 9.41. The number of aliphatic hydroxyl groups excluding tert-OH is 1. The average molecular weight is 418 g/mol. The number of sulfonamides is 1. The SMILES string of the molecule is CCO/C(O)=C(\[N+]#N)C(NS(=O)(=O)c1ccc(C)cc1)c1ccc(N(C)C)cc1. The topological polar surface area (TPSA) is 107 Å². The zero-order valence-corrected chi connectivity index (χ0v) is 17.6. The Bertz CT molecular complexity index is 1010. The third kappa shape index (κ3) is 5.47. The van der Waals surface area contributed by atoms with Gasteiger partial charge in [-0.15, -0.1) is 0 Å². The van der Waals surface area contributed by atoms with Crippen molar-refractivity contribution in [1.82, 2.24) is 4.72 Å². The highest BCUT2D eigenvalue weighted by Gasteiger charge is 2.37. The van der Waals surface area contributed by atoms with Crippen LogP contribution in [0.5, 0.6) is 0 Å². The zero-order valence-electron chi connectivity index (χ0n) is 16.8. The van der Waals surface area contributed by atoms with E-state index in [1.54, 1.807) is 43.3 Å². The maximum Gasteiger partial charge on any atom is 0.462 e. The number of diazo groups is 1. The summed E-state index contributed by atoms with van der Waals surface area (Å²) >= 11 is 0. The van der Waals surface area contributed by atoms with E-state index in [0.29, 0.717) is 5.56 Å². The molecule has 0 amide bonds. The number of aryl methyl sites for hydroxylation is 1. The van der Waals surface area contributed by atoms with Crippen LogP contribution in [0.1, 0.15) is 24.1 Å². The first-order chi connectivity index (χ1) is 13.7. The second-order valence-corrected chi connectivity index (χ2v) is 8.29. The number of hydrogen-bond donors (Lipinski definition) is 2. The molecule has 0 saturated heterocycles. The number of anilines is 1. The Kier molecular flexibility index (Phi) is 7.20. The van der Waals surface area contributed by atoms with Crippen LogP contribution < -0.4 is 9.62 Å². The molecule has 0 heterocycles. The number of rotatable bonds is 8. The highest BCUT2D eigenvalue weighted by atomic mass is 32.2. The van der Waals surface area contributed by atoms with Crippen molar-refractivity contribution in [2.75, 3.05) is 25.6 Å². The number of aliphatic hydroxyl groups is 1. The Balaban J connectivity index is 2.53. The summed E-state index contributed by atoms with van der Waals surface area (Å²) in [5.74, 6) is -0.664. The zero-order chi connectivity index (χ0) is 21.6. The van der Waals surface area contributed by atoms with Gasteiger partial charge in [0.1, 0.15) is 0 Å². The summed E-state index contributed by atoms with van der Waals surface area (Å²) in [6, 6.07) is 12.1. The summed E-state index contributed by atoms with van der Waals surface area (Å²) in [5.41, 5.74) is 1.93. The number of benzene rings is 2. The van der Waals surface area contributed by atoms with Crippen molar-refractivity contribution < 1.29 is 18.3 Å². The molecule has 0 bridgehead atoms. The summed E-state index contributed by atoms with van der Waals surface area (Å²) in [4.78, 5) is 5.04. The smallest absolute Gasteiger partial charge is 0.462 e. The monoisotopic (exact) mass is 417 g/mol. The van der Waals surface area contributed by atoms with Crippen molar-refractivity contribution in [2.45, 2.75) is 24.8 Å². The molecule has 0 saturated carbocycles. The van der Waals surface area contributed by atoms with E-state index in [-0.39, 0.29) is 17.2 Å². The first-order valence-corrected chi connectivity index (χ1v) is 10.4. The van der Waals surface area contributed by atoms with Gasteiger partial charge in [0.25, 0.3) is 0 Å². The van der Waals surface area contributed by atoms with Crippen LogP contribution in [0, 0.1) is 12.3 Å². The number of nitrogens with one attached hydrogen (secondary N) is 1. The molecule has 2 N–H and O–H groups in total. The van der Waals surface area contributed by atoms with Crippen LogP contribution in [0.15, 0.2) is 65.1 Å². The Labute approximate surface area is 171 Å². The van der Waals surface area contributed by atoms with Gasteiger partial charge >= 0.3 is 11.6 Å². The van der Waals surface area contributed by atoms with Crippen LogP contribution in [-0.2, 0) is 14.8 Å². The second-order valence-electron chi connectivity index (χ2n) is 6.58. The fourth-order valence-electron chi connectivity index (χ4n) is 2.62. The van der Waals surface area contributed by atoms with Crippen molar-refractivity contribution in [1.29, 1.82) is 5.39 Å². The highest BCUT2D eigenvalue weighted by Crippen LogP contribution is 2.29. The molecule has 0 aliphatic heterocycles. The minimum absolute atomic E-state index is 0.0474. The van der Waals surface area contributed by atoms with Crippen LogP contribution >= 0.6 is 0 Å². The summed E-state index contributed by atoms with van der Waals surface area (Å²) in [5, 5.41) is 19.6. The van der Waals surface area contributed by atoms with E-state index in [1.807, 2.05) is 25.9 Å². The number of hydrogen-bond acceptors (Lipinski definition) is 6. The quantitative estimate of drug-likeness (QED) is 0.501. The molecule has 29 heavy (non-hydrogen) atoms. The third-order valence-corrected chi connectivity index (χ3v) is 5.67. The van der Waals surface area contributed by atoms with Gasteiger partial charge in [0, 0.05) is 19.8 Å². The summed E-state index contributed by atoms with van der Waals surface area (Å²) in [7, 11) is -0.233. The van der Waals surface area contributed by atoms with Crippen LogP contribution in [-0.4, -0.2) is 34.2 Å². The lowest BCUT2D eigenvalue weighted by Gasteiger charge is -2.17. The molecule has 2 aromatic carbocycles. The minimum Gasteiger partial charge on any atom is -0.475 e. The van der Waals surface area contributed by atoms with Gasteiger partial charge in [0.05, 0.1) is 11.5 Å². The van der Waals surface area contributed by atoms with E-state index in [1.165, 1.54) is 12.1 Å². The summed E-state index contributed by atoms with van der Waals surface area (Å²) < 4.78 is 33.4. The lowest BCUT2D eigenvalue weighted by molar-refractivity contribution is 0.0968. The van der Waals surface area contributed by atoms with Crippen LogP contribution in [0.4, 0.5) is 5.69 Å². The van der Waals surface area contributed by atoms with E-state index in [9.17, 15) is 18.9 Å². The van der Waals surface area contributed by atoms with Gasteiger partial charge < -0.3 is 14.7 Å². The Morgan fingerprint density at radius 3 is 2.24 bits per heavy atom. The normalized spacial score (nSPS) is 13.2. The molecule has 0 aliphatic rings. The van der Waals surface area contributed by atoms with Gasteiger partial charge in [-0.05, 0) is 43.7 Å². The number of nitrogens with zero attached hydrogens (tertiary/aromatic N) is 3. The average Bonchev–Trinajstić information content (AvgIpc) is 2.68. The van der Waals surface area contributed by atoms with Crippen molar-refractivity contribution in [3.05, 3.63) is 76.3 Å². The van der Waals surface area contributed by atoms with Gasteiger partial charge in [-0.25, -0.2) is 8.42 Å². The molecular weight excluding hydrogens is 392 g/mol. The molecule has 1 unspecified atom stereocenters. The maximum absolute atomic E-state index is 12.9. The van der Waals surface area contributed by atoms with Gasteiger partial charge in [-0.2, -0.15) is 4.72 Å². The third-order valence-electron chi connectivity index (χ3n) is 4.23. The Morgan fingerprint density at radius 2 is 1.76 bits per heavy atom. The van der Waals surface area contributed by atoms with E-state index in [4.69, 9.17) is 4.74 Å². The minimum atomic E-state index is -3.99. The summed E-state index contributed by atoms with van der Waals surface area (Å²) in [6.45, 7) is 3.61. The molecule has 0 radical (unpaired) electrons. The molecule has 0 fully saturated rings. The van der Waals surface area contributed by atoms with Gasteiger partial charge in [0.2, 0.25) is 15.4 Å². The van der Waals surface area contributed by atoms with Gasteiger partial charge in [0.15, 0.2) is 11.0 Å². The fraction of sp³-hybridized carbons (Fsp3) is 0.300. The first kappa shape index (κ1) is 22.2. The molecule has 0 aliphatic carbocycles. The van der Waals surface area contributed by atoms with Crippen molar-refractivity contribution in [3.63, 3.8) is 0 Å². The van der Waals surface area contributed by atoms with Gasteiger partial charge in [-0.3, -0.25) is 0 Å². The van der Waals surface area contributed by atoms with Crippen molar-refractivity contribution in [3.8, 4) is 0 Å². The molecule has 0 spiro atoms. The largest absolute Gasteiger partial charge is 0.475 e. The van der Waals surface area contributed by atoms with Crippen molar-refractivity contribution >= 4 is 15.7 Å².